The van der Waals surface area contributed by atoms with Crippen molar-refractivity contribution in [1.82, 2.24) is 15.5 Å². The molecule has 9 heteroatoms. The van der Waals surface area contributed by atoms with E-state index in [0.717, 1.165) is 12.1 Å². The Hall–Kier alpha value is -3.49. The molecule has 3 aromatic rings. The molecule has 1 aromatic heterocycles. The van der Waals surface area contributed by atoms with E-state index < -0.39 is 30.2 Å². The predicted octanol–water partition coefficient (Wildman–Crippen LogP) is 3.28. The van der Waals surface area contributed by atoms with Crippen molar-refractivity contribution in [2.75, 3.05) is 13.7 Å². The Morgan fingerprint density at radius 3 is 2.82 bits per heavy atom. The zero-order valence-electron chi connectivity index (χ0n) is 15.1. The second kappa shape index (κ2) is 8.47. The minimum Gasteiger partial charge on any atom is -0.497 e. The Labute approximate surface area is 159 Å². The largest absolute Gasteiger partial charge is 0.497 e. The van der Waals surface area contributed by atoms with Crippen LogP contribution in [-0.4, -0.2) is 29.8 Å². The first-order valence-electron chi connectivity index (χ1n) is 8.31. The minimum atomic E-state index is -0.888. The lowest BCUT2D eigenvalue weighted by molar-refractivity contribution is -0.123. The van der Waals surface area contributed by atoms with Gasteiger partial charge in [-0.2, -0.15) is 4.98 Å². The third-order valence-corrected chi connectivity index (χ3v) is 3.77. The summed E-state index contributed by atoms with van der Waals surface area (Å²) in [4.78, 5) is 16.3. The Bertz CT molecular complexity index is 977. The molecule has 1 heterocycles. The maximum atomic E-state index is 13.5. The molecule has 1 N–H and O–H groups in total. The maximum absolute atomic E-state index is 13.5. The Morgan fingerprint density at radius 1 is 1.25 bits per heavy atom. The van der Waals surface area contributed by atoms with Crippen molar-refractivity contribution >= 4 is 5.91 Å². The molecule has 1 atom stereocenters. The van der Waals surface area contributed by atoms with Crippen LogP contribution in [0.15, 0.2) is 47.0 Å². The van der Waals surface area contributed by atoms with Gasteiger partial charge in [0, 0.05) is 11.6 Å². The highest BCUT2D eigenvalue weighted by Gasteiger charge is 2.18. The molecular formula is C19H17F2N3O4. The fourth-order valence-electron chi connectivity index (χ4n) is 2.37. The lowest BCUT2D eigenvalue weighted by atomic mass is 10.2. The molecule has 0 aliphatic heterocycles. The molecule has 28 heavy (non-hydrogen) atoms. The number of nitrogens with one attached hydrogen (secondary N) is 1. The monoisotopic (exact) mass is 389 g/mol. The first-order chi connectivity index (χ1) is 13.5. The second-order valence-electron chi connectivity index (χ2n) is 5.84. The summed E-state index contributed by atoms with van der Waals surface area (Å²) in [5.74, 6) is -1.18. The highest BCUT2D eigenvalue weighted by Crippen LogP contribution is 2.23. The summed E-state index contributed by atoms with van der Waals surface area (Å²) in [5.41, 5.74) is 0.697. The van der Waals surface area contributed by atoms with E-state index in [1.807, 2.05) is 0 Å². The first kappa shape index (κ1) is 19.3. The van der Waals surface area contributed by atoms with Crippen molar-refractivity contribution < 1.29 is 27.6 Å². The molecule has 146 valence electrons. The maximum Gasteiger partial charge on any atom is 0.258 e. The molecule has 0 saturated heterocycles. The van der Waals surface area contributed by atoms with Crippen LogP contribution in [0.25, 0.3) is 11.4 Å². The van der Waals surface area contributed by atoms with Crippen molar-refractivity contribution in [1.29, 1.82) is 0 Å². The summed E-state index contributed by atoms with van der Waals surface area (Å²) in [6.45, 7) is 1.20. The van der Waals surface area contributed by atoms with Crippen molar-refractivity contribution in [3.05, 3.63) is 60.0 Å². The van der Waals surface area contributed by atoms with Crippen LogP contribution >= 0.6 is 0 Å². The van der Waals surface area contributed by atoms with E-state index in [0.29, 0.717) is 23.2 Å². The lowest BCUT2D eigenvalue weighted by Gasteiger charge is -2.11. The molecule has 0 fully saturated rings. The minimum absolute atomic E-state index is 0.194. The number of nitrogens with zero attached hydrogens (tertiary/aromatic N) is 2. The van der Waals surface area contributed by atoms with Gasteiger partial charge in [-0.1, -0.05) is 17.3 Å². The van der Waals surface area contributed by atoms with Crippen molar-refractivity contribution in [2.24, 2.45) is 0 Å². The SMILES string of the molecule is COc1cccc(-c2noc([C@H](C)NC(=O)COc3ccc(F)cc3F)n2)c1. The van der Waals surface area contributed by atoms with Crippen LogP contribution in [0.2, 0.25) is 0 Å². The zero-order valence-corrected chi connectivity index (χ0v) is 15.1. The molecule has 0 unspecified atom stereocenters. The normalized spacial score (nSPS) is 11.7. The topological polar surface area (TPSA) is 86.5 Å². The smallest absolute Gasteiger partial charge is 0.258 e. The number of rotatable bonds is 7. The summed E-state index contributed by atoms with van der Waals surface area (Å²) in [5, 5.41) is 6.50. The standard InChI is InChI=1S/C19H17F2N3O4/c1-11(22-17(25)10-27-16-7-6-13(20)9-15(16)21)19-23-18(24-28-19)12-4-3-5-14(8-12)26-2/h3-9,11H,10H2,1-2H3,(H,22,25)/t11-/m0/s1. The van der Waals surface area contributed by atoms with Crippen LogP contribution in [0.1, 0.15) is 18.9 Å². The highest BCUT2D eigenvalue weighted by molar-refractivity contribution is 5.77. The number of amides is 1. The molecule has 0 bridgehead atoms. The number of halogens is 2. The van der Waals surface area contributed by atoms with Crippen molar-refractivity contribution in [3.63, 3.8) is 0 Å². The lowest BCUT2D eigenvalue weighted by Crippen LogP contribution is -2.31. The fraction of sp³-hybridized carbons (Fsp3) is 0.211. The zero-order chi connectivity index (χ0) is 20.1. The van der Waals surface area contributed by atoms with Crippen LogP contribution in [0.3, 0.4) is 0 Å². The molecule has 3 rings (SSSR count). The molecular weight excluding hydrogens is 372 g/mol. The summed E-state index contributed by atoms with van der Waals surface area (Å²) in [6, 6.07) is 9.36. The van der Waals surface area contributed by atoms with Gasteiger partial charge in [0.2, 0.25) is 11.7 Å². The first-order valence-corrected chi connectivity index (χ1v) is 8.31. The van der Waals surface area contributed by atoms with Gasteiger partial charge in [-0.3, -0.25) is 4.79 Å². The van der Waals surface area contributed by atoms with Gasteiger partial charge >= 0.3 is 0 Å². The van der Waals surface area contributed by atoms with Crippen molar-refractivity contribution in [3.8, 4) is 22.9 Å². The molecule has 1 amide bonds. The number of hydrogen-bond donors (Lipinski definition) is 1. The average Bonchev–Trinajstić information content (AvgIpc) is 3.18. The van der Waals surface area contributed by atoms with E-state index in [-0.39, 0.29) is 11.6 Å². The number of methoxy groups -OCH3 is 1. The third kappa shape index (κ3) is 4.61. The third-order valence-electron chi connectivity index (χ3n) is 3.77. The molecule has 0 aliphatic rings. The van der Waals surface area contributed by atoms with Gasteiger partial charge in [-0.25, -0.2) is 8.78 Å². The number of aromatic nitrogens is 2. The number of carbonyl (C=O) groups excluding carboxylic acids is 1. The molecule has 0 radical (unpaired) electrons. The number of carbonyl (C=O) groups is 1. The van der Waals surface area contributed by atoms with Gasteiger partial charge in [0.15, 0.2) is 18.2 Å². The molecule has 7 nitrogen and oxygen atoms in total. The molecule has 0 saturated carbocycles. The molecule has 2 aromatic carbocycles. The number of benzene rings is 2. The molecule has 0 spiro atoms. The highest BCUT2D eigenvalue weighted by atomic mass is 19.1. The van der Waals surface area contributed by atoms with E-state index in [9.17, 15) is 13.6 Å². The average molecular weight is 389 g/mol. The predicted molar refractivity (Wildman–Crippen MR) is 94.7 cm³/mol. The summed E-state index contributed by atoms with van der Waals surface area (Å²) in [7, 11) is 1.55. The van der Waals surface area contributed by atoms with E-state index in [1.54, 1.807) is 38.3 Å². The van der Waals surface area contributed by atoms with E-state index >= 15 is 0 Å². The quantitative estimate of drug-likeness (QED) is 0.667. The van der Waals surface area contributed by atoms with Crippen LogP contribution in [0, 0.1) is 11.6 Å². The van der Waals surface area contributed by atoms with Gasteiger partial charge in [-0.05, 0) is 31.2 Å². The van der Waals surface area contributed by atoms with Crippen LogP contribution in [0.5, 0.6) is 11.5 Å². The van der Waals surface area contributed by atoms with Gasteiger partial charge in [0.1, 0.15) is 17.6 Å². The summed E-state index contributed by atoms with van der Waals surface area (Å²) in [6.07, 6.45) is 0. The van der Waals surface area contributed by atoms with Gasteiger partial charge < -0.3 is 19.3 Å². The van der Waals surface area contributed by atoms with Gasteiger partial charge in [0.25, 0.3) is 5.91 Å². The molecule has 0 aliphatic carbocycles. The summed E-state index contributed by atoms with van der Waals surface area (Å²) < 4.78 is 41.8. The second-order valence-corrected chi connectivity index (χ2v) is 5.84. The Balaban J connectivity index is 1.59. The van der Waals surface area contributed by atoms with Crippen LogP contribution in [-0.2, 0) is 4.79 Å². The number of ether oxygens (including phenoxy) is 2. The Kier molecular flexibility index (Phi) is 5.83. The van der Waals surface area contributed by atoms with Crippen molar-refractivity contribution in [2.45, 2.75) is 13.0 Å². The van der Waals surface area contributed by atoms with E-state index in [4.69, 9.17) is 14.0 Å². The van der Waals surface area contributed by atoms with E-state index in [1.165, 1.54) is 0 Å². The van der Waals surface area contributed by atoms with Gasteiger partial charge in [-0.15, -0.1) is 0 Å². The Morgan fingerprint density at radius 2 is 2.07 bits per heavy atom. The van der Waals surface area contributed by atoms with Crippen LogP contribution in [0.4, 0.5) is 8.78 Å². The fourth-order valence-corrected chi connectivity index (χ4v) is 2.37. The van der Waals surface area contributed by atoms with Crippen LogP contribution < -0.4 is 14.8 Å². The number of hydrogen-bond acceptors (Lipinski definition) is 6. The van der Waals surface area contributed by atoms with E-state index in [2.05, 4.69) is 15.5 Å². The summed E-state index contributed by atoms with van der Waals surface area (Å²) >= 11 is 0. The van der Waals surface area contributed by atoms with Gasteiger partial charge in [0.05, 0.1) is 7.11 Å².